The Labute approximate surface area is 206 Å². The third kappa shape index (κ3) is 7.55. The first-order valence-electron chi connectivity index (χ1n) is 12.0. The molecule has 0 spiro atoms. The smallest absolute Gasteiger partial charge is 0.229 e. The lowest BCUT2D eigenvalue weighted by Crippen LogP contribution is -2.46. The summed E-state index contributed by atoms with van der Waals surface area (Å²) in [5.41, 5.74) is 3.35. The number of unbranched alkanes of at least 4 members (excludes halogenated alkanes) is 1. The van der Waals surface area contributed by atoms with Crippen molar-refractivity contribution in [3.63, 3.8) is 0 Å². The molecular weight excluding hydrogens is 448 g/mol. The minimum absolute atomic E-state index is 0.0104. The van der Waals surface area contributed by atoms with Crippen molar-refractivity contribution >= 4 is 34.2 Å². The van der Waals surface area contributed by atoms with Crippen LogP contribution in [0.3, 0.4) is 0 Å². The molecular formula is C26H37N4O3S-. The quantitative estimate of drug-likeness (QED) is 0.426. The number of hydrogen-bond donors (Lipinski definition) is 1. The molecule has 1 heterocycles. The summed E-state index contributed by atoms with van der Waals surface area (Å²) in [7, 11) is 0. The molecule has 1 aliphatic rings. The predicted octanol–water partition coefficient (Wildman–Crippen LogP) is 4.18. The van der Waals surface area contributed by atoms with Crippen LogP contribution in [0.1, 0.15) is 39.2 Å². The van der Waals surface area contributed by atoms with Crippen molar-refractivity contribution in [3.8, 4) is 0 Å². The van der Waals surface area contributed by atoms with Gasteiger partial charge in [-0.05, 0) is 56.6 Å². The number of piperazine rings is 1. The number of nitrogens with zero attached hydrogens (tertiary/aromatic N) is 3. The van der Waals surface area contributed by atoms with Crippen LogP contribution in [0.2, 0.25) is 0 Å². The molecule has 0 radical (unpaired) electrons. The third-order valence-corrected chi connectivity index (χ3v) is 6.86. The molecule has 34 heavy (non-hydrogen) atoms. The van der Waals surface area contributed by atoms with Gasteiger partial charge in [-0.1, -0.05) is 44.5 Å². The number of rotatable bonds is 9. The number of benzene rings is 2. The van der Waals surface area contributed by atoms with E-state index in [1.165, 1.54) is 4.31 Å². The van der Waals surface area contributed by atoms with E-state index in [0.717, 1.165) is 62.5 Å². The standard InChI is InChI=1S/C26H38N4O3S/c1-21-10-12-23(13-11-21)30(34(32)33)15-6-5-14-28-16-18-29(19-17-28)24-9-7-8-22(20-24)27-25(31)26(2,3)4/h7-13,20H,5-6,14-19H2,1-4H3,(H,27,31)(H,32,33)/p-1. The van der Waals surface area contributed by atoms with Gasteiger partial charge in [0.25, 0.3) is 0 Å². The van der Waals surface area contributed by atoms with Gasteiger partial charge < -0.3 is 19.1 Å². The van der Waals surface area contributed by atoms with E-state index in [1.54, 1.807) is 0 Å². The van der Waals surface area contributed by atoms with Crippen molar-refractivity contribution in [2.24, 2.45) is 5.41 Å². The van der Waals surface area contributed by atoms with Crippen LogP contribution >= 0.6 is 0 Å². The molecule has 1 amide bonds. The number of anilines is 3. The number of aryl methyl sites for hydroxylation is 1. The minimum Gasteiger partial charge on any atom is -0.755 e. The SMILES string of the molecule is Cc1ccc(N(CCCCN2CCN(c3cccc(NC(=O)C(C)(C)C)c3)CC2)S(=O)[O-])cc1. The van der Waals surface area contributed by atoms with Gasteiger partial charge in [-0.25, -0.2) is 0 Å². The van der Waals surface area contributed by atoms with Crippen molar-refractivity contribution in [3.05, 3.63) is 54.1 Å². The monoisotopic (exact) mass is 485 g/mol. The molecule has 0 bridgehead atoms. The Morgan fingerprint density at radius 2 is 1.74 bits per heavy atom. The number of carbonyl (C=O) groups excluding carboxylic acids is 1. The lowest BCUT2D eigenvalue weighted by atomic mass is 9.95. The number of carbonyl (C=O) groups is 1. The molecule has 3 rings (SSSR count). The largest absolute Gasteiger partial charge is 0.755 e. The average Bonchev–Trinajstić information content (AvgIpc) is 2.79. The molecule has 1 aliphatic heterocycles. The molecule has 8 heteroatoms. The Morgan fingerprint density at radius 1 is 1.06 bits per heavy atom. The van der Waals surface area contributed by atoms with Gasteiger partial charge >= 0.3 is 0 Å². The van der Waals surface area contributed by atoms with E-state index in [4.69, 9.17) is 0 Å². The summed E-state index contributed by atoms with van der Waals surface area (Å²) in [5.74, 6) is 0.0104. The highest BCUT2D eigenvalue weighted by Gasteiger charge is 2.22. The van der Waals surface area contributed by atoms with Crippen molar-refractivity contribution < 1.29 is 13.6 Å². The van der Waals surface area contributed by atoms with Gasteiger partial charge in [0, 0.05) is 66.5 Å². The van der Waals surface area contributed by atoms with Gasteiger partial charge in [0.1, 0.15) is 0 Å². The highest BCUT2D eigenvalue weighted by molar-refractivity contribution is 7.80. The summed E-state index contributed by atoms with van der Waals surface area (Å²) >= 11 is -2.27. The molecule has 7 nitrogen and oxygen atoms in total. The number of amides is 1. The van der Waals surface area contributed by atoms with Crippen molar-refractivity contribution in [2.45, 2.75) is 40.5 Å². The molecule has 186 valence electrons. The van der Waals surface area contributed by atoms with Gasteiger partial charge in [0.15, 0.2) is 0 Å². The Kier molecular flexibility index (Phi) is 9.10. The first-order chi connectivity index (χ1) is 16.1. The highest BCUT2D eigenvalue weighted by Crippen LogP contribution is 2.23. The second kappa shape index (κ2) is 11.8. The zero-order valence-electron chi connectivity index (χ0n) is 20.8. The van der Waals surface area contributed by atoms with E-state index in [-0.39, 0.29) is 5.91 Å². The predicted molar refractivity (Wildman–Crippen MR) is 140 cm³/mol. The Bertz CT molecular complexity index is 967. The van der Waals surface area contributed by atoms with Gasteiger partial charge in [-0.2, -0.15) is 0 Å². The molecule has 2 aromatic carbocycles. The fourth-order valence-corrected chi connectivity index (χ4v) is 4.49. The molecule has 1 unspecified atom stereocenters. The average molecular weight is 486 g/mol. The summed E-state index contributed by atoms with van der Waals surface area (Å²) in [6, 6.07) is 15.6. The van der Waals surface area contributed by atoms with Crippen LogP contribution in [0.4, 0.5) is 17.1 Å². The minimum atomic E-state index is -2.27. The summed E-state index contributed by atoms with van der Waals surface area (Å²) in [6.45, 7) is 13.0. The zero-order chi connectivity index (χ0) is 24.7. The topological polar surface area (TPSA) is 79.0 Å². The molecule has 1 N–H and O–H groups in total. The second-order valence-electron chi connectivity index (χ2n) is 9.95. The fraction of sp³-hybridized carbons (Fsp3) is 0.500. The summed E-state index contributed by atoms with van der Waals surface area (Å²) in [4.78, 5) is 17.1. The lowest BCUT2D eigenvalue weighted by Gasteiger charge is -2.36. The van der Waals surface area contributed by atoms with Crippen molar-refractivity contribution in [1.29, 1.82) is 0 Å². The fourth-order valence-electron chi connectivity index (χ4n) is 3.92. The van der Waals surface area contributed by atoms with Crippen LogP contribution in [0.25, 0.3) is 0 Å². The van der Waals surface area contributed by atoms with E-state index < -0.39 is 16.7 Å². The third-order valence-electron chi connectivity index (χ3n) is 6.11. The van der Waals surface area contributed by atoms with Gasteiger partial charge in [-0.3, -0.25) is 13.9 Å². The summed E-state index contributed by atoms with van der Waals surface area (Å²) < 4.78 is 24.8. The van der Waals surface area contributed by atoms with Crippen LogP contribution in [0.5, 0.6) is 0 Å². The zero-order valence-corrected chi connectivity index (χ0v) is 21.6. The molecule has 0 aliphatic carbocycles. The summed E-state index contributed by atoms with van der Waals surface area (Å²) in [5, 5.41) is 3.01. The van der Waals surface area contributed by atoms with Crippen LogP contribution in [-0.2, 0) is 16.1 Å². The van der Waals surface area contributed by atoms with Crippen LogP contribution in [0.15, 0.2) is 48.5 Å². The van der Waals surface area contributed by atoms with E-state index in [0.29, 0.717) is 12.2 Å². The normalized spacial score (nSPS) is 15.7. The molecule has 1 atom stereocenters. The maximum Gasteiger partial charge on any atom is 0.229 e. The Balaban J connectivity index is 1.43. The van der Waals surface area contributed by atoms with E-state index in [2.05, 4.69) is 21.2 Å². The molecule has 0 aromatic heterocycles. The maximum atomic E-state index is 12.3. The molecule has 0 saturated carbocycles. The first-order valence-corrected chi connectivity index (χ1v) is 13.0. The number of hydrogen-bond acceptors (Lipinski definition) is 5. The van der Waals surface area contributed by atoms with Crippen LogP contribution < -0.4 is 14.5 Å². The second-order valence-corrected chi connectivity index (χ2v) is 10.8. The molecule has 1 fully saturated rings. The maximum absolute atomic E-state index is 12.3. The van der Waals surface area contributed by atoms with Crippen molar-refractivity contribution in [1.82, 2.24) is 4.90 Å². The number of nitrogens with one attached hydrogen (secondary N) is 1. The highest BCUT2D eigenvalue weighted by atomic mass is 32.2. The molecule has 1 saturated heterocycles. The molecule has 2 aromatic rings. The van der Waals surface area contributed by atoms with Crippen molar-refractivity contribution in [2.75, 3.05) is 53.8 Å². The van der Waals surface area contributed by atoms with Gasteiger partial charge in [-0.15, -0.1) is 0 Å². The van der Waals surface area contributed by atoms with Gasteiger partial charge in [0.2, 0.25) is 5.91 Å². The van der Waals surface area contributed by atoms with Crippen LogP contribution in [-0.4, -0.2) is 58.8 Å². The lowest BCUT2D eigenvalue weighted by molar-refractivity contribution is -0.123. The van der Waals surface area contributed by atoms with E-state index >= 15 is 0 Å². The van der Waals surface area contributed by atoms with Gasteiger partial charge in [0.05, 0.1) is 0 Å². The first kappa shape index (κ1) is 26.2. The van der Waals surface area contributed by atoms with E-state index in [9.17, 15) is 13.6 Å². The Hall–Kier alpha value is -2.42. The van der Waals surface area contributed by atoms with E-state index in [1.807, 2.05) is 70.2 Å². The summed E-state index contributed by atoms with van der Waals surface area (Å²) in [6.07, 6.45) is 1.77. The van der Waals surface area contributed by atoms with Crippen LogP contribution in [0, 0.1) is 12.3 Å². The Morgan fingerprint density at radius 3 is 2.35 bits per heavy atom.